The van der Waals surface area contributed by atoms with E-state index in [0.29, 0.717) is 12.5 Å². The van der Waals surface area contributed by atoms with E-state index in [9.17, 15) is 4.79 Å². The molecule has 2 atom stereocenters. The van der Waals surface area contributed by atoms with Crippen LogP contribution in [0, 0.1) is 0 Å². The van der Waals surface area contributed by atoms with Crippen LogP contribution in [0.5, 0.6) is 0 Å². The fraction of sp³-hybridized carbons (Fsp3) is 0.400. The average Bonchev–Trinajstić information content (AvgIpc) is 3.31. The van der Waals surface area contributed by atoms with E-state index in [2.05, 4.69) is 18.2 Å². The second-order valence-electron chi connectivity index (χ2n) is 7.09. The number of benzene rings is 1. The predicted octanol–water partition coefficient (Wildman–Crippen LogP) is 2.31. The lowest BCUT2D eigenvalue weighted by molar-refractivity contribution is -0.886. The Bertz CT molecular complexity index is 841. The van der Waals surface area contributed by atoms with E-state index >= 15 is 0 Å². The van der Waals surface area contributed by atoms with Crippen molar-refractivity contribution in [2.24, 2.45) is 0 Å². The molecule has 3 heterocycles. The summed E-state index contributed by atoms with van der Waals surface area (Å²) in [6, 6.07) is 12.1. The Morgan fingerprint density at radius 3 is 3.04 bits per heavy atom. The molecule has 6 heteroatoms. The summed E-state index contributed by atoms with van der Waals surface area (Å²) in [6.07, 6.45) is 3.83. The first-order chi connectivity index (χ1) is 12.7. The highest BCUT2D eigenvalue weighted by Gasteiger charge is 2.28. The number of amides is 1. The molecule has 1 amide bonds. The lowest BCUT2D eigenvalue weighted by Crippen LogP contribution is -3.08. The van der Waals surface area contributed by atoms with Crippen LogP contribution >= 0.6 is 11.3 Å². The number of fused-ring (bicyclic) bond motifs is 1. The smallest absolute Gasteiger partial charge is 0.277 e. The van der Waals surface area contributed by atoms with Crippen molar-refractivity contribution in [3.63, 3.8) is 0 Å². The second-order valence-corrected chi connectivity index (χ2v) is 8.15. The molecule has 1 fully saturated rings. The molecule has 4 rings (SSSR count). The molecule has 1 unspecified atom stereocenters. The molecule has 0 radical (unpaired) electrons. The van der Waals surface area contributed by atoms with Crippen molar-refractivity contribution in [3.8, 4) is 0 Å². The van der Waals surface area contributed by atoms with Gasteiger partial charge in [0.05, 0.1) is 28.5 Å². The summed E-state index contributed by atoms with van der Waals surface area (Å²) in [4.78, 5) is 20.7. The van der Waals surface area contributed by atoms with E-state index in [1.54, 1.807) is 17.6 Å². The maximum Gasteiger partial charge on any atom is 0.277 e. The average molecular weight is 370 g/mol. The summed E-state index contributed by atoms with van der Waals surface area (Å²) in [5.74, 6) is 1.50. The quantitative estimate of drug-likeness (QED) is 0.750. The molecule has 5 nitrogen and oxygen atoms in total. The standard InChI is InChI=1S/C20H23N3O2S/c1-22(13-16-7-5-11-25-16)14-19(24)23-10-4-6-15(12-23)20-21-17-8-2-3-9-18(17)26-20/h2-3,5,7-9,11,15H,4,6,10,12-14H2,1H3/p+1/t15-/m0/s1. The Hall–Kier alpha value is -2.18. The van der Waals surface area contributed by atoms with Crippen molar-refractivity contribution in [2.75, 3.05) is 26.7 Å². The number of thiazole rings is 1. The number of aromatic nitrogens is 1. The van der Waals surface area contributed by atoms with Gasteiger partial charge in [0, 0.05) is 19.0 Å². The molecular formula is C20H24N3O2S+. The Kier molecular flexibility index (Phi) is 5.04. The SMILES string of the molecule is C[NH+](CC(=O)N1CCC[C@H](c2nc3ccccc3s2)C1)Cc1ccco1. The molecule has 3 aromatic rings. The third-order valence-corrected chi connectivity index (χ3v) is 6.14. The first-order valence-corrected chi connectivity index (χ1v) is 9.97. The highest BCUT2D eigenvalue weighted by molar-refractivity contribution is 7.18. The van der Waals surface area contributed by atoms with Gasteiger partial charge in [-0.3, -0.25) is 4.79 Å². The number of nitrogens with zero attached hydrogens (tertiary/aromatic N) is 2. The summed E-state index contributed by atoms with van der Waals surface area (Å²) in [5.41, 5.74) is 1.07. The summed E-state index contributed by atoms with van der Waals surface area (Å²) < 4.78 is 6.61. The molecule has 0 aliphatic carbocycles. The highest BCUT2D eigenvalue weighted by atomic mass is 32.1. The van der Waals surface area contributed by atoms with Gasteiger partial charge in [-0.1, -0.05) is 12.1 Å². The predicted molar refractivity (Wildman–Crippen MR) is 102 cm³/mol. The molecule has 0 spiro atoms. The summed E-state index contributed by atoms with van der Waals surface area (Å²) in [6.45, 7) is 2.86. The van der Waals surface area contributed by atoms with Gasteiger partial charge in [0.15, 0.2) is 12.3 Å². The largest absolute Gasteiger partial charge is 0.463 e. The number of carbonyl (C=O) groups is 1. The van der Waals surface area contributed by atoms with Crippen molar-refractivity contribution in [3.05, 3.63) is 53.4 Å². The molecular weight excluding hydrogens is 346 g/mol. The molecule has 1 N–H and O–H groups in total. The van der Waals surface area contributed by atoms with E-state index in [4.69, 9.17) is 9.40 Å². The molecule has 1 aliphatic heterocycles. The van der Waals surface area contributed by atoms with Gasteiger partial charge in [-0.2, -0.15) is 0 Å². The van der Waals surface area contributed by atoms with E-state index in [1.165, 1.54) is 9.71 Å². The topological polar surface area (TPSA) is 50.8 Å². The van der Waals surface area contributed by atoms with Crippen molar-refractivity contribution in [2.45, 2.75) is 25.3 Å². The van der Waals surface area contributed by atoms with Crippen LogP contribution in [-0.2, 0) is 11.3 Å². The minimum absolute atomic E-state index is 0.222. The molecule has 26 heavy (non-hydrogen) atoms. The minimum atomic E-state index is 0.222. The summed E-state index contributed by atoms with van der Waals surface area (Å²) in [7, 11) is 2.04. The number of rotatable bonds is 5. The van der Waals surface area contributed by atoms with Gasteiger partial charge in [0.1, 0.15) is 6.54 Å². The zero-order valence-electron chi connectivity index (χ0n) is 15.0. The summed E-state index contributed by atoms with van der Waals surface area (Å²) >= 11 is 1.77. The molecule has 0 bridgehead atoms. The lowest BCUT2D eigenvalue weighted by Gasteiger charge is -2.32. The van der Waals surface area contributed by atoms with E-state index in [1.807, 2.05) is 30.1 Å². The number of quaternary nitrogens is 1. The van der Waals surface area contributed by atoms with Crippen LogP contribution in [0.1, 0.15) is 29.5 Å². The Balaban J connectivity index is 1.38. The highest BCUT2D eigenvalue weighted by Crippen LogP contribution is 2.32. The zero-order chi connectivity index (χ0) is 17.9. The first-order valence-electron chi connectivity index (χ1n) is 9.16. The maximum absolute atomic E-state index is 12.7. The van der Waals surface area contributed by atoms with Crippen LogP contribution < -0.4 is 4.90 Å². The molecule has 1 aliphatic rings. The molecule has 2 aromatic heterocycles. The first kappa shape index (κ1) is 17.2. The maximum atomic E-state index is 12.7. The van der Waals surface area contributed by atoms with Crippen molar-refractivity contribution >= 4 is 27.5 Å². The number of hydrogen-bond acceptors (Lipinski definition) is 4. The van der Waals surface area contributed by atoms with Crippen LogP contribution in [-0.4, -0.2) is 42.5 Å². The normalized spacial score (nSPS) is 19.0. The number of likely N-dealkylation sites (N-methyl/N-ethyl adjacent to an activating group) is 1. The van der Waals surface area contributed by atoms with Crippen molar-refractivity contribution < 1.29 is 14.1 Å². The fourth-order valence-electron chi connectivity index (χ4n) is 3.61. The second kappa shape index (κ2) is 7.60. The van der Waals surface area contributed by atoms with Crippen molar-refractivity contribution in [1.29, 1.82) is 0 Å². The summed E-state index contributed by atoms with van der Waals surface area (Å²) in [5, 5.41) is 1.17. The minimum Gasteiger partial charge on any atom is -0.463 e. The molecule has 0 saturated carbocycles. The lowest BCUT2D eigenvalue weighted by atomic mass is 9.98. The van der Waals surface area contributed by atoms with E-state index < -0.39 is 0 Å². The van der Waals surface area contributed by atoms with Gasteiger partial charge in [-0.25, -0.2) is 4.98 Å². The number of para-hydroxylation sites is 1. The van der Waals surface area contributed by atoms with Gasteiger partial charge in [-0.15, -0.1) is 11.3 Å². The number of furan rings is 1. The van der Waals surface area contributed by atoms with Crippen LogP contribution in [0.25, 0.3) is 10.2 Å². The van der Waals surface area contributed by atoms with Gasteiger partial charge in [0.2, 0.25) is 0 Å². The van der Waals surface area contributed by atoms with Crippen LogP contribution in [0.3, 0.4) is 0 Å². The van der Waals surface area contributed by atoms with Gasteiger partial charge in [0.25, 0.3) is 5.91 Å². The van der Waals surface area contributed by atoms with Crippen LogP contribution in [0.15, 0.2) is 47.1 Å². The van der Waals surface area contributed by atoms with Gasteiger partial charge < -0.3 is 14.2 Å². The third-order valence-electron chi connectivity index (χ3n) is 4.94. The van der Waals surface area contributed by atoms with E-state index in [0.717, 1.165) is 48.7 Å². The molecule has 1 aromatic carbocycles. The van der Waals surface area contributed by atoms with Crippen molar-refractivity contribution in [1.82, 2.24) is 9.88 Å². The molecule has 136 valence electrons. The molecule has 1 saturated heterocycles. The van der Waals surface area contributed by atoms with Gasteiger partial charge in [-0.05, 0) is 37.1 Å². The number of piperidine rings is 1. The Morgan fingerprint density at radius 2 is 2.23 bits per heavy atom. The van der Waals surface area contributed by atoms with Crippen LogP contribution in [0.4, 0.5) is 0 Å². The number of nitrogens with one attached hydrogen (secondary N) is 1. The number of carbonyl (C=O) groups excluding carboxylic acids is 1. The Labute approximate surface area is 157 Å². The Morgan fingerprint density at radius 1 is 1.35 bits per heavy atom. The zero-order valence-corrected chi connectivity index (χ0v) is 15.8. The monoisotopic (exact) mass is 370 g/mol. The number of hydrogen-bond donors (Lipinski definition) is 1. The van der Waals surface area contributed by atoms with Crippen LogP contribution in [0.2, 0.25) is 0 Å². The number of likely N-dealkylation sites (tertiary alicyclic amines) is 1. The van der Waals surface area contributed by atoms with Gasteiger partial charge >= 0.3 is 0 Å². The fourth-order valence-corrected chi connectivity index (χ4v) is 4.71. The van der Waals surface area contributed by atoms with E-state index in [-0.39, 0.29) is 5.91 Å². The third kappa shape index (κ3) is 3.81.